The van der Waals surface area contributed by atoms with Crippen LogP contribution >= 0.6 is 0 Å². The smallest absolute Gasteiger partial charge is 0.170 e. The lowest BCUT2D eigenvalue weighted by Gasteiger charge is -2.44. The van der Waals surface area contributed by atoms with Crippen molar-refractivity contribution >= 4 is 0 Å². The number of nitrogens with zero attached hydrogens (tertiary/aromatic N) is 2. The maximum absolute atomic E-state index is 6.24. The lowest BCUT2D eigenvalue weighted by Crippen LogP contribution is -2.48. The van der Waals surface area contributed by atoms with Gasteiger partial charge in [-0.3, -0.25) is 0 Å². The SMILES string of the molecule is CC1(C)COC(CCc2ccccc2)(CCn2ccnc2)OC1. The molecule has 1 fully saturated rings. The molecule has 4 nitrogen and oxygen atoms in total. The molecular weight excluding hydrogens is 288 g/mol. The van der Waals surface area contributed by atoms with Gasteiger partial charge in [0, 0.05) is 37.2 Å². The third kappa shape index (κ3) is 4.43. The van der Waals surface area contributed by atoms with E-state index in [1.165, 1.54) is 5.56 Å². The Morgan fingerprint density at radius 2 is 1.83 bits per heavy atom. The van der Waals surface area contributed by atoms with Gasteiger partial charge >= 0.3 is 0 Å². The van der Waals surface area contributed by atoms with Gasteiger partial charge in [0.2, 0.25) is 0 Å². The fraction of sp³-hybridized carbons (Fsp3) is 0.526. The summed E-state index contributed by atoms with van der Waals surface area (Å²) in [6.45, 7) is 6.71. The predicted octanol–water partition coefficient (Wildman–Crippen LogP) is 3.68. The highest BCUT2D eigenvalue weighted by Gasteiger charge is 2.40. The highest BCUT2D eigenvalue weighted by Crippen LogP contribution is 2.35. The largest absolute Gasteiger partial charge is 0.349 e. The summed E-state index contributed by atoms with van der Waals surface area (Å²) in [4.78, 5) is 4.11. The molecule has 0 amide bonds. The van der Waals surface area contributed by atoms with E-state index in [-0.39, 0.29) is 5.41 Å². The maximum atomic E-state index is 6.24. The summed E-state index contributed by atoms with van der Waals surface area (Å²) in [5, 5.41) is 0. The third-order valence-electron chi connectivity index (χ3n) is 4.40. The first kappa shape index (κ1) is 16.2. The normalized spacial score (nSPS) is 19.6. The van der Waals surface area contributed by atoms with Crippen molar-refractivity contribution in [3.8, 4) is 0 Å². The van der Waals surface area contributed by atoms with Crippen molar-refractivity contribution in [2.75, 3.05) is 13.2 Å². The van der Waals surface area contributed by atoms with Gasteiger partial charge < -0.3 is 14.0 Å². The van der Waals surface area contributed by atoms with Gasteiger partial charge in [-0.1, -0.05) is 44.2 Å². The van der Waals surface area contributed by atoms with E-state index in [0.29, 0.717) is 0 Å². The number of rotatable bonds is 6. The fourth-order valence-electron chi connectivity index (χ4n) is 2.85. The predicted molar refractivity (Wildman–Crippen MR) is 90.0 cm³/mol. The van der Waals surface area contributed by atoms with Crippen molar-refractivity contribution in [1.29, 1.82) is 0 Å². The number of imidazole rings is 1. The van der Waals surface area contributed by atoms with Gasteiger partial charge in [-0.25, -0.2) is 4.98 Å². The first-order chi connectivity index (χ1) is 11.1. The standard InChI is InChI=1S/C19H26N2O2/c1-18(2)14-22-19(23-15-18,10-12-21-13-11-20-16-21)9-8-17-6-4-3-5-7-17/h3-7,11,13,16H,8-10,12,14-15H2,1-2H3. The molecule has 0 atom stereocenters. The Labute approximate surface area is 138 Å². The molecule has 23 heavy (non-hydrogen) atoms. The maximum Gasteiger partial charge on any atom is 0.170 e. The molecular formula is C19H26N2O2. The molecule has 1 saturated heterocycles. The first-order valence-electron chi connectivity index (χ1n) is 8.35. The highest BCUT2D eigenvalue weighted by molar-refractivity contribution is 5.15. The van der Waals surface area contributed by atoms with Crippen molar-refractivity contribution in [1.82, 2.24) is 9.55 Å². The average Bonchev–Trinajstić information content (AvgIpc) is 3.08. The van der Waals surface area contributed by atoms with Crippen LogP contribution in [0.5, 0.6) is 0 Å². The lowest BCUT2D eigenvalue weighted by molar-refractivity contribution is -0.305. The summed E-state index contributed by atoms with van der Waals surface area (Å²) in [6, 6.07) is 10.5. The molecule has 3 rings (SSSR count). The molecule has 0 aliphatic carbocycles. The van der Waals surface area contributed by atoms with Gasteiger partial charge in [0.25, 0.3) is 0 Å². The molecule has 0 saturated carbocycles. The van der Waals surface area contributed by atoms with Crippen LogP contribution in [0, 0.1) is 5.41 Å². The monoisotopic (exact) mass is 314 g/mol. The summed E-state index contributed by atoms with van der Waals surface area (Å²) in [6.07, 6.45) is 8.32. The van der Waals surface area contributed by atoms with Crippen LogP contribution in [-0.4, -0.2) is 28.6 Å². The van der Waals surface area contributed by atoms with Gasteiger partial charge in [-0.15, -0.1) is 0 Å². The van der Waals surface area contributed by atoms with E-state index in [1.807, 2.05) is 18.7 Å². The van der Waals surface area contributed by atoms with E-state index in [2.05, 4.69) is 53.7 Å². The van der Waals surface area contributed by atoms with Gasteiger partial charge in [-0.2, -0.15) is 0 Å². The number of hydrogen-bond donors (Lipinski definition) is 0. The summed E-state index contributed by atoms with van der Waals surface area (Å²) < 4.78 is 14.6. The second kappa shape index (κ2) is 6.85. The van der Waals surface area contributed by atoms with Gasteiger partial charge in [0.05, 0.1) is 19.5 Å². The Bertz CT molecular complexity index is 583. The van der Waals surface area contributed by atoms with Crippen LogP contribution in [0.25, 0.3) is 0 Å². The molecule has 1 aliphatic rings. The number of hydrogen-bond acceptors (Lipinski definition) is 3. The topological polar surface area (TPSA) is 36.3 Å². The molecule has 1 aromatic heterocycles. The highest BCUT2D eigenvalue weighted by atomic mass is 16.7. The average molecular weight is 314 g/mol. The minimum absolute atomic E-state index is 0.0885. The number of ether oxygens (including phenoxy) is 2. The van der Waals surface area contributed by atoms with Crippen molar-refractivity contribution in [3.05, 3.63) is 54.6 Å². The minimum atomic E-state index is -0.490. The molecule has 2 aromatic rings. The molecule has 0 N–H and O–H groups in total. The van der Waals surface area contributed by atoms with Crippen molar-refractivity contribution in [2.24, 2.45) is 5.41 Å². The van der Waals surface area contributed by atoms with Gasteiger partial charge in [-0.05, 0) is 12.0 Å². The Kier molecular flexibility index (Phi) is 4.83. The Hall–Kier alpha value is -1.65. The third-order valence-corrected chi connectivity index (χ3v) is 4.40. The van der Waals surface area contributed by atoms with Crippen LogP contribution in [0.15, 0.2) is 49.1 Å². The van der Waals surface area contributed by atoms with E-state index < -0.39 is 5.79 Å². The van der Waals surface area contributed by atoms with Crippen LogP contribution in [0.4, 0.5) is 0 Å². The zero-order valence-electron chi connectivity index (χ0n) is 14.1. The molecule has 0 unspecified atom stereocenters. The van der Waals surface area contributed by atoms with Gasteiger partial charge in [0.15, 0.2) is 5.79 Å². The summed E-state index contributed by atoms with van der Waals surface area (Å²) in [7, 11) is 0. The zero-order valence-corrected chi connectivity index (χ0v) is 14.1. The molecule has 0 bridgehead atoms. The van der Waals surface area contributed by atoms with E-state index >= 15 is 0 Å². The minimum Gasteiger partial charge on any atom is -0.349 e. The van der Waals surface area contributed by atoms with Crippen LogP contribution in [0.1, 0.15) is 32.3 Å². The van der Waals surface area contributed by atoms with Crippen LogP contribution < -0.4 is 0 Å². The van der Waals surface area contributed by atoms with Gasteiger partial charge in [0.1, 0.15) is 0 Å². The molecule has 1 aliphatic heterocycles. The molecule has 2 heterocycles. The fourth-order valence-corrected chi connectivity index (χ4v) is 2.85. The zero-order chi connectivity index (χ0) is 16.2. The Morgan fingerprint density at radius 1 is 1.09 bits per heavy atom. The Morgan fingerprint density at radius 3 is 2.48 bits per heavy atom. The van der Waals surface area contributed by atoms with E-state index in [0.717, 1.165) is 39.0 Å². The number of aryl methyl sites for hydroxylation is 2. The quantitative estimate of drug-likeness (QED) is 0.816. The molecule has 124 valence electrons. The second-order valence-electron chi connectivity index (χ2n) is 7.19. The van der Waals surface area contributed by atoms with Crippen LogP contribution in [-0.2, 0) is 22.4 Å². The first-order valence-corrected chi connectivity index (χ1v) is 8.35. The molecule has 1 aromatic carbocycles. The van der Waals surface area contributed by atoms with E-state index in [4.69, 9.17) is 9.47 Å². The molecule has 4 heteroatoms. The van der Waals surface area contributed by atoms with E-state index in [1.54, 1.807) is 0 Å². The molecule has 0 spiro atoms. The Balaban J connectivity index is 1.65. The lowest BCUT2D eigenvalue weighted by atomic mass is 9.92. The van der Waals surface area contributed by atoms with Crippen molar-refractivity contribution < 1.29 is 9.47 Å². The second-order valence-corrected chi connectivity index (χ2v) is 7.19. The van der Waals surface area contributed by atoms with Crippen molar-refractivity contribution in [3.63, 3.8) is 0 Å². The van der Waals surface area contributed by atoms with Crippen LogP contribution in [0.3, 0.4) is 0 Å². The van der Waals surface area contributed by atoms with Crippen LogP contribution in [0.2, 0.25) is 0 Å². The number of aromatic nitrogens is 2. The summed E-state index contributed by atoms with van der Waals surface area (Å²) in [5.74, 6) is -0.490. The number of benzene rings is 1. The summed E-state index contributed by atoms with van der Waals surface area (Å²) >= 11 is 0. The molecule has 0 radical (unpaired) electrons. The van der Waals surface area contributed by atoms with E-state index in [9.17, 15) is 0 Å². The van der Waals surface area contributed by atoms with Crippen molar-refractivity contribution in [2.45, 2.75) is 45.4 Å². The summed E-state index contributed by atoms with van der Waals surface area (Å²) in [5.41, 5.74) is 1.41.